The Bertz CT molecular complexity index is 758. The average Bonchev–Trinajstić information content (AvgIpc) is 2.61. The molecule has 0 saturated heterocycles. The highest BCUT2D eigenvalue weighted by Gasteiger charge is 2.20. The summed E-state index contributed by atoms with van der Waals surface area (Å²) < 4.78 is 0. The highest BCUT2D eigenvalue weighted by molar-refractivity contribution is 5.73. The Hall–Kier alpha value is -2.43. The summed E-state index contributed by atoms with van der Waals surface area (Å²) >= 11 is 0. The SMILES string of the molecule is O=c1c(NCCC2=CCCCC2)c(NCc2ccccn2)c1=O. The molecule has 120 valence electrons. The number of nitrogens with zero attached hydrogens (tertiary/aromatic N) is 1. The van der Waals surface area contributed by atoms with Crippen molar-refractivity contribution in [3.8, 4) is 0 Å². The van der Waals surface area contributed by atoms with Crippen LogP contribution in [0.3, 0.4) is 0 Å². The van der Waals surface area contributed by atoms with Crippen LogP contribution in [0.1, 0.15) is 37.8 Å². The molecule has 5 nitrogen and oxygen atoms in total. The topological polar surface area (TPSA) is 71.1 Å². The summed E-state index contributed by atoms with van der Waals surface area (Å²) in [5, 5.41) is 6.14. The van der Waals surface area contributed by atoms with Gasteiger partial charge in [-0.3, -0.25) is 14.6 Å². The van der Waals surface area contributed by atoms with Gasteiger partial charge < -0.3 is 10.6 Å². The molecule has 0 fully saturated rings. The van der Waals surface area contributed by atoms with Gasteiger partial charge in [-0.1, -0.05) is 17.7 Å². The second kappa shape index (κ2) is 7.22. The van der Waals surface area contributed by atoms with E-state index in [2.05, 4.69) is 21.7 Å². The number of rotatable bonds is 7. The third-order valence-corrected chi connectivity index (χ3v) is 4.22. The Kier molecular flexibility index (Phi) is 4.86. The quantitative estimate of drug-likeness (QED) is 0.607. The Morgan fingerprint density at radius 2 is 1.87 bits per heavy atom. The maximum absolute atomic E-state index is 11.7. The van der Waals surface area contributed by atoms with E-state index in [4.69, 9.17) is 0 Å². The molecule has 0 unspecified atom stereocenters. The number of hydrogen-bond donors (Lipinski definition) is 2. The van der Waals surface area contributed by atoms with Crippen molar-refractivity contribution in [2.24, 2.45) is 0 Å². The molecule has 23 heavy (non-hydrogen) atoms. The van der Waals surface area contributed by atoms with Gasteiger partial charge in [0.25, 0.3) is 10.9 Å². The normalized spacial score (nSPS) is 14.5. The van der Waals surface area contributed by atoms with Crippen molar-refractivity contribution in [3.05, 3.63) is 62.2 Å². The molecule has 0 spiro atoms. The number of hydrogen-bond acceptors (Lipinski definition) is 5. The monoisotopic (exact) mass is 311 g/mol. The van der Waals surface area contributed by atoms with Crippen LogP contribution in [0.5, 0.6) is 0 Å². The Morgan fingerprint density at radius 1 is 1.04 bits per heavy atom. The molecule has 0 aliphatic heterocycles. The Balaban J connectivity index is 1.55. The molecule has 0 amide bonds. The summed E-state index contributed by atoms with van der Waals surface area (Å²) in [6, 6.07) is 5.61. The van der Waals surface area contributed by atoms with Gasteiger partial charge in [0, 0.05) is 12.7 Å². The highest BCUT2D eigenvalue weighted by Crippen LogP contribution is 2.21. The molecule has 1 aromatic heterocycles. The van der Waals surface area contributed by atoms with Crippen LogP contribution in [0, 0.1) is 0 Å². The van der Waals surface area contributed by atoms with Gasteiger partial charge in [0.15, 0.2) is 0 Å². The van der Waals surface area contributed by atoms with Gasteiger partial charge in [-0.15, -0.1) is 0 Å². The van der Waals surface area contributed by atoms with Crippen LogP contribution in [-0.2, 0) is 6.54 Å². The lowest BCUT2D eigenvalue weighted by molar-refractivity contribution is 0.679. The van der Waals surface area contributed by atoms with Gasteiger partial charge in [0.2, 0.25) is 0 Å². The van der Waals surface area contributed by atoms with Gasteiger partial charge in [-0.25, -0.2) is 0 Å². The van der Waals surface area contributed by atoms with Crippen LogP contribution in [0.4, 0.5) is 11.4 Å². The third-order valence-electron chi connectivity index (χ3n) is 4.22. The standard InChI is InChI=1S/C18H21N3O2/c22-17-15(20-11-9-13-6-2-1-3-7-13)16(18(17)23)21-12-14-8-4-5-10-19-14/h4-6,8,10,20-21H,1-3,7,9,11-12H2. The third kappa shape index (κ3) is 3.67. The molecule has 1 aliphatic carbocycles. The first-order chi connectivity index (χ1) is 11.3. The number of aromatic nitrogens is 1. The second-order valence-electron chi connectivity index (χ2n) is 5.87. The van der Waals surface area contributed by atoms with E-state index in [0.717, 1.165) is 25.0 Å². The van der Waals surface area contributed by atoms with Gasteiger partial charge >= 0.3 is 0 Å². The second-order valence-corrected chi connectivity index (χ2v) is 5.87. The maximum atomic E-state index is 11.7. The summed E-state index contributed by atoms with van der Waals surface area (Å²) in [6.07, 6.45) is 9.77. The first-order valence-corrected chi connectivity index (χ1v) is 8.14. The molecule has 1 aromatic carbocycles. The minimum absolute atomic E-state index is 0.387. The number of nitrogens with one attached hydrogen (secondary N) is 2. The van der Waals surface area contributed by atoms with Crippen molar-refractivity contribution in [2.45, 2.75) is 38.6 Å². The van der Waals surface area contributed by atoms with Crippen molar-refractivity contribution < 1.29 is 0 Å². The number of pyridine rings is 1. The summed E-state index contributed by atoms with van der Waals surface area (Å²) in [4.78, 5) is 27.6. The highest BCUT2D eigenvalue weighted by atomic mass is 16.2. The maximum Gasteiger partial charge on any atom is 0.253 e. The van der Waals surface area contributed by atoms with Crippen molar-refractivity contribution in [3.63, 3.8) is 0 Å². The van der Waals surface area contributed by atoms with Crippen LogP contribution in [0.25, 0.3) is 0 Å². The largest absolute Gasteiger partial charge is 0.380 e. The fourth-order valence-corrected chi connectivity index (χ4v) is 2.89. The van der Waals surface area contributed by atoms with Crippen LogP contribution >= 0.6 is 0 Å². The van der Waals surface area contributed by atoms with Gasteiger partial charge in [-0.2, -0.15) is 0 Å². The van der Waals surface area contributed by atoms with E-state index in [1.807, 2.05) is 18.2 Å². The van der Waals surface area contributed by atoms with Crippen molar-refractivity contribution in [1.82, 2.24) is 4.98 Å². The zero-order chi connectivity index (χ0) is 16.1. The van der Waals surface area contributed by atoms with E-state index in [1.54, 1.807) is 6.20 Å². The fraction of sp³-hybridized carbons (Fsp3) is 0.389. The van der Waals surface area contributed by atoms with Crippen LogP contribution in [0.15, 0.2) is 45.6 Å². The molecular weight excluding hydrogens is 290 g/mol. The predicted molar refractivity (Wildman–Crippen MR) is 92.6 cm³/mol. The first-order valence-electron chi connectivity index (χ1n) is 8.14. The zero-order valence-corrected chi connectivity index (χ0v) is 13.1. The predicted octanol–water partition coefficient (Wildman–Crippen LogP) is 2.59. The van der Waals surface area contributed by atoms with Crippen molar-refractivity contribution in [1.29, 1.82) is 0 Å². The molecule has 2 aromatic rings. The first kappa shape index (κ1) is 15.5. The lowest BCUT2D eigenvalue weighted by Gasteiger charge is -2.16. The molecule has 0 atom stereocenters. The number of anilines is 2. The van der Waals surface area contributed by atoms with Gasteiger partial charge in [0.1, 0.15) is 11.4 Å². The minimum atomic E-state index is -0.444. The average molecular weight is 311 g/mol. The summed E-state index contributed by atoms with van der Waals surface area (Å²) in [5.41, 5.74) is 2.22. The molecule has 1 heterocycles. The van der Waals surface area contributed by atoms with Crippen molar-refractivity contribution in [2.75, 3.05) is 17.2 Å². The number of allylic oxidation sites excluding steroid dienone is 1. The van der Waals surface area contributed by atoms with Crippen molar-refractivity contribution >= 4 is 11.4 Å². The van der Waals surface area contributed by atoms with E-state index in [9.17, 15) is 9.59 Å². The summed E-state index contributed by atoms with van der Waals surface area (Å²) in [6.45, 7) is 1.13. The van der Waals surface area contributed by atoms with Crippen LogP contribution in [-0.4, -0.2) is 11.5 Å². The smallest absolute Gasteiger partial charge is 0.253 e. The van der Waals surface area contributed by atoms with Gasteiger partial charge in [0.05, 0.1) is 12.2 Å². The molecule has 5 heteroatoms. The lowest BCUT2D eigenvalue weighted by atomic mass is 9.97. The Labute approximate surface area is 135 Å². The molecular formula is C18H21N3O2. The van der Waals surface area contributed by atoms with E-state index >= 15 is 0 Å². The van der Waals surface area contributed by atoms with Gasteiger partial charge in [-0.05, 0) is 44.2 Å². The molecule has 0 radical (unpaired) electrons. The van der Waals surface area contributed by atoms with E-state index in [1.165, 1.54) is 18.4 Å². The van der Waals surface area contributed by atoms with Crippen LogP contribution < -0.4 is 21.5 Å². The minimum Gasteiger partial charge on any atom is -0.380 e. The Morgan fingerprint density at radius 3 is 2.57 bits per heavy atom. The summed E-state index contributed by atoms with van der Waals surface area (Å²) in [5.74, 6) is 0. The fourth-order valence-electron chi connectivity index (χ4n) is 2.89. The van der Waals surface area contributed by atoms with E-state index in [-0.39, 0.29) is 0 Å². The molecule has 0 bridgehead atoms. The molecule has 2 N–H and O–H groups in total. The van der Waals surface area contributed by atoms with E-state index in [0.29, 0.717) is 24.5 Å². The lowest BCUT2D eigenvalue weighted by Crippen LogP contribution is -2.37. The molecule has 3 rings (SSSR count). The molecule has 1 aliphatic rings. The van der Waals surface area contributed by atoms with E-state index < -0.39 is 10.9 Å². The zero-order valence-electron chi connectivity index (χ0n) is 13.1. The summed E-state index contributed by atoms with van der Waals surface area (Å²) in [7, 11) is 0. The molecule has 0 saturated carbocycles. The van der Waals surface area contributed by atoms with Crippen LogP contribution in [0.2, 0.25) is 0 Å².